The van der Waals surface area contributed by atoms with Crippen molar-refractivity contribution in [2.24, 2.45) is 0 Å². The Morgan fingerprint density at radius 2 is 0.903 bits per heavy atom. The molecule has 1 unspecified atom stereocenters. The van der Waals surface area contributed by atoms with E-state index in [4.69, 9.17) is 5.11 Å². The largest absolute Gasteiger partial charge is 0.481 e. The van der Waals surface area contributed by atoms with Crippen molar-refractivity contribution in [3.8, 4) is 0 Å². The van der Waals surface area contributed by atoms with E-state index in [-0.39, 0.29) is 19.3 Å². The van der Waals surface area contributed by atoms with E-state index >= 15 is 0 Å². The van der Waals surface area contributed by atoms with Gasteiger partial charge in [0.15, 0.2) is 0 Å². The predicted octanol–water partition coefficient (Wildman–Crippen LogP) is 8.47. The lowest BCUT2D eigenvalue weighted by Crippen LogP contribution is -2.33. The molecule has 0 aliphatic heterocycles. The molecule has 0 aromatic rings. The molecule has 0 amide bonds. The van der Waals surface area contributed by atoms with Crippen molar-refractivity contribution in [2.75, 3.05) is 0 Å². The fourth-order valence-electron chi connectivity index (χ4n) is 4.15. The number of hydrogen-bond acceptors (Lipinski definition) is 2. The Morgan fingerprint density at radius 3 is 1.23 bits per heavy atom. The second kappa shape index (κ2) is 20.8. The molecule has 0 aliphatic carbocycles. The molecule has 31 heavy (non-hydrogen) atoms. The van der Waals surface area contributed by atoms with Gasteiger partial charge in [-0.2, -0.15) is 0 Å². The zero-order valence-electron chi connectivity index (χ0n) is 20.1. The van der Waals surface area contributed by atoms with E-state index in [0.29, 0.717) is 19.3 Å². The first-order valence-electron chi connectivity index (χ1n) is 13.1. The Balaban J connectivity index is 3.61. The Hall–Kier alpha value is -1.13. The lowest BCUT2D eigenvalue weighted by atomic mass is 9.91. The quantitative estimate of drug-likeness (QED) is 0.146. The predicted molar refractivity (Wildman–Crippen MR) is 126 cm³/mol. The number of hydrogen-bond donors (Lipinski definition) is 2. The van der Waals surface area contributed by atoms with E-state index < -0.39 is 17.6 Å². The normalized spacial score (nSPS) is 13.2. The topological polar surface area (TPSA) is 74.6 Å². The third-order valence-electron chi connectivity index (χ3n) is 6.27. The lowest BCUT2D eigenvalue weighted by Gasteiger charge is -2.20. The van der Waals surface area contributed by atoms with Crippen LogP contribution in [0.2, 0.25) is 0 Å². The number of halogens is 1. The van der Waals surface area contributed by atoms with Gasteiger partial charge in [-0.05, 0) is 32.1 Å². The second-order valence-electron chi connectivity index (χ2n) is 9.28. The number of carboxylic acids is 2. The van der Waals surface area contributed by atoms with Gasteiger partial charge < -0.3 is 10.2 Å². The molecule has 0 spiro atoms. The van der Waals surface area contributed by atoms with Gasteiger partial charge >= 0.3 is 11.9 Å². The average Bonchev–Trinajstić information content (AvgIpc) is 2.73. The van der Waals surface area contributed by atoms with Crippen LogP contribution in [-0.2, 0) is 9.59 Å². The van der Waals surface area contributed by atoms with Crippen LogP contribution < -0.4 is 0 Å². The molecule has 0 aromatic carbocycles. The van der Waals surface area contributed by atoms with E-state index in [9.17, 15) is 19.1 Å². The van der Waals surface area contributed by atoms with Crippen molar-refractivity contribution in [3.63, 3.8) is 0 Å². The van der Waals surface area contributed by atoms with Crippen LogP contribution in [-0.4, -0.2) is 27.8 Å². The van der Waals surface area contributed by atoms with Crippen LogP contribution in [0.5, 0.6) is 0 Å². The van der Waals surface area contributed by atoms with Crippen molar-refractivity contribution < 1.29 is 24.2 Å². The molecule has 184 valence electrons. The number of aliphatic carboxylic acids is 2. The molecule has 0 fully saturated rings. The molecule has 0 heterocycles. The van der Waals surface area contributed by atoms with Crippen LogP contribution >= 0.6 is 0 Å². The van der Waals surface area contributed by atoms with Gasteiger partial charge in [0.1, 0.15) is 0 Å². The molecule has 0 saturated carbocycles. The highest BCUT2D eigenvalue weighted by molar-refractivity contribution is 5.77. The minimum absolute atomic E-state index is 0.0692. The average molecular weight is 445 g/mol. The molecular formula is C26H49FO4. The molecule has 0 bridgehead atoms. The maximum absolute atomic E-state index is 14.8. The summed E-state index contributed by atoms with van der Waals surface area (Å²) in [6.07, 6.45) is 21.1. The molecule has 0 radical (unpaired) electrons. The monoisotopic (exact) mass is 444 g/mol. The lowest BCUT2D eigenvalue weighted by molar-refractivity contribution is -0.152. The zero-order chi connectivity index (χ0) is 23.2. The van der Waals surface area contributed by atoms with Gasteiger partial charge in [-0.15, -0.1) is 0 Å². The summed E-state index contributed by atoms with van der Waals surface area (Å²) in [5.74, 6) is -2.12. The Bertz CT molecular complexity index is 441. The maximum atomic E-state index is 14.8. The summed E-state index contributed by atoms with van der Waals surface area (Å²) < 4.78 is 14.8. The van der Waals surface area contributed by atoms with Gasteiger partial charge in [0, 0.05) is 6.42 Å². The minimum atomic E-state index is -2.10. The van der Waals surface area contributed by atoms with Gasteiger partial charge in [0.2, 0.25) is 5.67 Å². The molecule has 0 rings (SSSR count). The van der Waals surface area contributed by atoms with Crippen molar-refractivity contribution in [3.05, 3.63) is 0 Å². The maximum Gasteiger partial charge on any atom is 0.341 e. The Labute approximate surface area is 190 Å². The zero-order valence-corrected chi connectivity index (χ0v) is 20.1. The standard InChI is InChI=1S/C26H49FO4/c1-2-3-4-5-6-7-8-9-10-11-12-13-16-19-22-26(27,25(30)31)23-20-17-14-15-18-21-24(28)29/h2-23H2,1H3,(H,28,29)(H,30,31). The van der Waals surface area contributed by atoms with E-state index in [1.54, 1.807) is 0 Å². The summed E-state index contributed by atoms with van der Waals surface area (Å²) in [6.45, 7) is 2.25. The van der Waals surface area contributed by atoms with Crippen LogP contribution in [0.15, 0.2) is 0 Å². The molecule has 5 heteroatoms. The first-order chi connectivity index (χ1) is 14.9. The first-order valence-corrected chi connectivity index (χ1v) is 13.1. The smallest absolute Gasteiger partial charge is 0.341 e. The van der Waals surface area contributed by atoms with Crippen LogP contribution in [0, 0.1) is 0 Å². The first kappa shape index (κ1) is 29.9. The summed E-state index contributed by atoms with van der Waals surface area (Å²) in [7, 11) is 0. The van der Waals surface area contributed by atoms with Gasteiger partial charge in [0.05, 0.1) is 0 Å². The van der Waals surface area contributed by atoms with Crippen molar-refractivity contribution in [1.82, 2.24) is 0 Å². The third kappa shape index (κ3) is 19.3. The fraction of sp³-hybridized carbons (Fsp3) is 0.923. The van der Waals surface area contributed by atoms with E-state index in [0.717, 1.165) is 32.1 Å². The van der Waals surface area contributed by atoms with Crippen LogP contribution in [0.3, 0.4) is 0 Å². The van der Waals surface area contributed by atoms with Crippen LogP contribution in [0.1, 0.15) is 148 Å². The number of unbranched alkanes of at least 4 members (excludes halogenated alkanes) is 17. The Kier molecular flexibility index (Phi) is 20.0. The highest BCUT2D eigenvalue weighted by Gasteiger charge is 2.37. The highest BCUT2D eigenvalue weighted by Crippen LogP contribution is 2.28. The van der Waals surface area contributed by atoms with Crippen LogP contribution in [0.4, 0.5) is 4.39 Å². The summed E-state index contributed by atoms with van der Waals surface area (Å²) in [5.41, 5.74) is -2.10. The molecule has 2 N–H and O–H groups in total. The number of carboxylic acid groups (broad SMARTS) is 2. The van der Waals surface area contributed by atoms with Gasteiger partial charge in [-0.1, -0.05) is 110 Å². The second-order valence-corrected chi connectivity index (χ2v) is 9.28. The van der Waals surface area contributed by atoms with Gasteiger partial charge in [-0.3, -0.25) is 4.79 Å². The minimum Gasteiger partial charge on any atom is -0.481 e. The summed E-state index contributed by atoms with van der Waals surface area (Å²) >= 11 is 0. The molecule has 0 aromatic heterocycles. The van der Waals surface area contributed by atoms with Crippen LogP contribution in [0.25, 0.3) is 0 Å². The molecule has 1 atom stereocenters. The fourth-order valence-corrected chi connectivity index (χ4v) is 4.15. The van der Waals surface area contributed by atoms with Crippen molar-refractivity contribution >= 4 is 11.9 Å². The van der Waals surface area contributed by atoms with Gasteiger partial charge in [0.25, 0.3) is 0 Å². The SMILES string of the molecule is CCCCCCCCCCCCCCCCC(F)(CCCCCCCC(=O)O)C(=O)O. The van der Waals surface area contributed by atoms with Crippen molar-refractivity contribution in [1.29, 1.82) is 0 Å². The number of carbonyl (C=O) groups is 2. The third-order valence-corrected chi connectivity index (χ3v) is 6.27. The summed E-state index contributed by atoms with van der Waals surface area (Å²) in [5, 5.41) is 17.9. The van der Waals surface area contributed by atoms with E-state index in [1.807, 2.05) is 0 Å². The molecule has 4 nitrogen and oxygen atoms in total. The van der Waals surface area contributed by atoms with Crippen molar-refractivity contribution in [2.45, 2.75) is 154 Å². The highest BCUT2D eigenvalue weighted by atomic mass is 19.1. The summed E-state index contributed by atoms with van der Waals surface area (Å²) in [4.78, 5) is 21.8. The number of alkyl halides is 1. The number of rotatable bonds is 24. The Morgan fingerprint density at radius 1 is 0.581 bits per heavy atom. The molecule has 0 saturated heterocycles. The van der Waals surface area contributed by atoms with E-state index in [2.05, 4.69) is 6.92 Å². The molecular weight excluding hydrogens is 395 g/mol. The summed E-state index contributed by atoms with van der Waals surface area (Å²) in [6, 6.07) is 0. The molecule has 0 aliphatic rings. The van der Waals surface area contributed by atoms with E-state index in [1.165, 1.54) is 70.6 Å². The van der Waals surface area contributed by atoms with Gasteiger partial charge in [-0.25, -0.2) is 9.18 Å².